The van der Waals surface area contributed by atoms with Gasteiger partial charge in [0.1, 0.15) is 0 Å². The lowest BCUT2D eigenvalue weighted by Gasteiger charge is -2.41. The summed E-state index contributed by atoms with van der Waals surface area (Å²) in [5, 5.41) is 17.1. The van der Waals surface area contributed by atoms with Crippen LogP contribution in [0.2, 0.25) is 0 Å². The summed E-state index contributed by atoms with van der Waals surface area (Å²) in [6.07, 6.45) is 3.51. The fourth-order valence-corrected chi connectivity index (χ4v) is 2.84. The normalized spacial score (nSPS) is 23.8. The van der Waals surface area contributed by atoms with Crippen LogP contribution in [0.3, 0.4) is 0 Å². The number of nitrogens with one attached hydrogen (secondary N) is 1. The molecular weight excluding hydrogens is 282 g/mol. The van der Waals surface area contributed by atoms with Crippen LogP contribution in [0.5, 0.6) is 0 Å². The van der Waals surface area contributed by atoms with Gasteiger partial charge in [-0.3, -0.25) is 9.48 Å². The molecule has 0 spiro atoms. The summed E-state index contributed by atoms with van der Waals surface area (Å²) < 4.78 is 6.82. The molecule has 0 unspecified atom stereocenters. The van der Waals surface area contributed by atoms with Crippen LogP contribution in [-0.2, 0) is 11.3 Å². The average molecular weight is 301 g/mol. The Bertz CT molecular complexity index is 642. The zero-order valence-corrected chi connectivity index (χ0v) is 12.3. The van der Waals surface area contributed by atoms with Crippen molar-refractivity contribution in [2.75, 3.05) is 7.11 Å². The zero-order chi connectivity index (χ0) is 15.5. The van der Waals surface area contributed by atoms with Gasteiger partial charge >= 0.3 is 0 Å². The van der Waals surface area contributed by atoms with Crippen molar-refractivity contribution in [2.24, 2.45) is 0 Å². The highest BCUT2D eigenvalue weighted by Gasteiger charge is 2.42. The lowest BCUT2D eigenvalue weighted by Crippen LogP contribution is -2.56. The predicted octanol–water partition coefficient (Wildman–Crippen LogP) is 1.13. The highest BCUT2D eigenvalue weighted by atomic mass is 16.5. The second-order valence-electron chi connectivity index (χ2n) is 5.45. The maximum Gasteiger partial charge on any atom is 0.251 e. The van der Waals surface area contributed by atoms with Crippen molar-refractivity contribution in [1.29, 1.82) is 0 Å². The van der Waals surface area contributed by atoms with Crippen molar-refractivity contribution in [1.82, 2.24) is 15.1 Å². The number of hydrogen-bond donors (Lipinski definition) is 2. The third-order valence-electron chi connectivity index (χ3n) is 4.01. The van der Waals surface area contributed by atoms with Crippen LogP contribution >= 0.6 is 0 Å². The molecule has 6 nitrogen and oxygen atoms in total. The van der Waals surface area contributed by atoms with E-state index < -0.39 is 6.10 Å². The van der Waals surface area contributed by atoms with Crippen molar-refractivity contribution in [3.8, 4) is 0 Å². The van der Waals surface area contributed by atoms with Crippen LogP contribution in [0.1, 0.15) is 28.4 Å². The van der Waals surface area contributed by atoms with E-state index in [0.717, 1.165) is 5.56 Å². The molecule has 0 saturated heterocycles. The van der Waals surface area contributed by atoms with E-state index in [0.29, 0.717) is 18.6 Å². The second-order valence-corrected chi connectivity index (χ2v) is 5.45. The van der Waals surface area contributed by atoms with Gasteiger partial charge in [0.25, 0.3) is 5.91 Å². The predicted molar refractivity (Wildman–Crippen MR) is 80.3 cm³/mol. The van der Waals surface area contributed by atoms with E-state index >= 15 is 0 Å². The van der Waals surface area contributed by atoms with E-state index in [1.807, 2.05) is 18.2 Å². The molecule has 22 heavy (non-hydrogen) atoms. The van der Waals surface area contributed by atoms with E-state index in [1.54, 1.807) is 36.3 Å². The lowest BCUT2D eigenvalue weighted by atomic mass is 9.82. The number of aromatic nitrogens is 2. The number of aliphatic hydroxyl groups excluding tert-OH is 1. The van der Waals surface area contributed by atoms with Crippen molar-refractivity contribution < 1.29 is 14.6 Å². The molecule has 1 aliphatic carbocycles. The van der Waals surface area contributed by atoms with E-state index in [4.69, 9.17) is 4.74 Å². The van der Waals surface area contributed by atoms with Crippen molar-refractivity contribution >= 4 is 5.91 Å². The fourth-order valence-electron chi connectivity index (χ4n) is 2.84. The van der Waals surface area contributed by atoms with Crippen LogP contribution < -0.4 is 5.32 Å². The second kappa shape index (κ2) is 6.29. The summed E-state index contributed by atoms with van der Waals surface area (Å²) >= 11 is 0. The zero-order valence-electron chi connectivity index (χ0n) is 12.3. The summed E-state index contributed by atoms with van der Waals surface area (Å²) in [5.41, 5.74) is 1.45. The van der Waals surface area contributed by atoms with Crippen molar-refractivity contribution in [3.63, 3.8) is 0 Å². The van der Waals surface area contributed by atoms with Crippen LogP contribution in [0.25, 0.3) is 0 Å². The number of hydrogen-bond acceptors (Lipinski definition) is 4. The molecule has 1 saturated carbocycles. The maximum atomic E-state index is 12.5. The minimum Gasteiger partial charge on any atom is -0.391 e. The standard InChI is InChI=1S/C16H19N3O3/c1-22-10-11-5-2-3-6-12(11)16(21)18-13-9-14(20)15(13)19-8-4-7-17-19/h2-8,13-15,20H,9-10H2,1H3,(H,18,21)/t13-,14+,15+/m0/s1. The lowest BCUT2D eigenvalue weighted by molar-refractivity contribution is -0.00591. The third-order valence-corrected chi connectivity index (χ3v) is 4.01. The molecule has 0 aliphatic heterocycles. The number of amides is 1. The van der Waals surface area contributed by atoms with Gasteiger partial charge in [-0.2, -0.15) is 5.10 Å². The SMILES string of the molecule is COCc1ccccc1C(=O)N[C@H]1C[C@@H](O)[C@@H]1n1cccn1. The van der Waals surface area contributed by atoms with Crippen LogP contribution in [0.15, 0.2) is 42.7 Å². The molecule has 1 fully saturated rings. The van der Waals surface area contributed by atoms with Gasteiger partial charge in [0.2, 0.25) is 0 Å². The number of rotatable bonds is 5. The first kappa shape index (κ1) is 14.7. The molecule has 116 valence electrons. The molecular formula is C16H19N3O3. The van der Waals surface area contributed by atoms with Crippen molar-refractivity contribution in [2.45, 2.75) is 31.2 Å². The minimum absolute atomic E-state index is 0.127. The molecule has 0 radical (unpaired) electrons. The number of benzene rings is 1. The van der Waals surface area contributed by atoms with E-state index in [1.165, 1.54) is 0 Å². The summed E-state index contributed by atoms with van der Waals surface area (Å²) in [7, 11) is 1.60. The monoisotopic (exact) mass is 301 g/mol. The topological polar surface area (TPSA) is 76.4 Å². The summed E-state index contributed by atoms with van der Waals surface area (Å²) in [4.78, 5) is 12.5. The van der Waals surface area contributed by atoms with Gasteiger partial charge in [-0.05, 0) is 24.1 Å². The Hall–Kier alpha value is -2.18. The van der Waals surface area contributed by atoms with Gasteiger partial charge < -0.3 is 15.2 Å². The largest absolute Gasteiger partial charge is 0.391 e. The number of nitrogens with zero attached hydrogens (tertiary/aromatic N) is 2. The highest BCUT2D eigenvalue weighted by molar-refractivity contribution is 5.95. The minimum atomic E-state index is -0.487. The Balaban J connectivity index is 1.72. The van der Waals surface area contributed by atoms with E-state index in [-0.39, 0.29) is 18.0 Å². The third kappa shape index (κ3) is 2.75. The molecule has 6 heteroatoms. The maximum absolute atomic E-state index is 12.5. The Morgan fingerprint density at radius 3 is 2.95 bits per heavy atom. The van der Waals surface area contributed by atoms with Crippen LogP contribution in [0, 0.1) is 0 Å². The van der Waals surface area contributed by atoms with Gasteiger partial charge in [-0.1, -0.05) is 18.2 Å². The smallest absolute Gasteiger partial charge is 0.251 e. The number of ether oxygens (including phenoxy) is 1. The number of aliphatic hydroxyl groups is 1. The van der Waals surface area contributed by atoms with E-state index in [9.17, 15) is 9.90 Å². The number of carbonyl (C=O) groups excluding carboxylic acids is 1. The molecule has 1 amide bonds. The molecule has 2 N–H and O–H groups in total. The molecule has 1 heterocycles. The quantitative estimate of drug-likeness (QED) is 0.868. The van der Waals surface area contributed by atoms with Gasteiger partial charge in [0, 0.05) is 25.1 Å². The van der Waals surface area contributed by atoms with Gasteiger partial charge in [-0.15, -0.1) is 0 Å². The summed E-state index contributed by atoms with van der Waals surface area (Å²) in [6, 6.07) is 8.82. The van der Waals surface area contributed by atoms with Gasteiger partial charge in [-0.25, -0.2) is 0 Å². The summed E-state index contributed by atoms with van der Waals surface area (Å²) in [6.45, 7) is 0.388. The van der Waals surface area contributed by atoms with Crippen molar-refractivity contribution in [3.05, 3.63) is 53.9 Å². The summed E-state index contributed by atoms with van der Waals surface area (Å²) in [5.74, 6) is -0.151. The van der Waals surface area contributed by atoms with E-state index in [2.05, 4.69) is 10.4 Å². The molecule has 3 rings (SSSR count). The Morgan fingerprint density at radius 2 is 2.27 bits per heavy atom. The molecule has 2 aromatic rings. The average Bonchev–Trinajstić information content (AvgIpc) is 3.00. The fraction of sp³-hybridized carbons (Fsp3) is 0.375. The number of carbonyl (C=O) groups is 1. The Kier molecular flexibility index (Phi) is 4.22. The first-order chi connectivity index (χ1) is 10.7. The van der Waals surface area contributed by atoms with Gasteiger partial charge in [0.15, 0.2) is 0 Å². The van der Waals surface area contributed by atoms with Crippen LogP contribution in [0.4, 0.5) is 0 Å². The Morgan fingerprint density at radius 1 is 1.45 bits per heavy atom. The molecule has 1 aliphatic rings. The number of methoxy groups -OCH3 is 1. The van der Waals surface area contributed by atoms with Crippen LogP contribution in [-0.4, -0.2) is 40.0 Å². The molecule has 3 atom stereocenters. The molecule has 0 bridgehead atoms. The molecule has 1 aromatic heterocycles. The molecule has 1 aromatic carbocycles. The Labute approximate surface area is 128 Å². The highest BCUT2D eigenvalue weighted by Crippen LogP contribution is 2.32. The first-order valence-corrected chi connectivity index (χ1v) is 7.25. The first-order valence-electron chi connectivity index (χ1n) is 7.25. The van der Waals surface area contributed by atoms with Gasteiger partial charge in [0.05, 0.1) is 24.8 Å².